The number of hydrogen-bond donors (Lipinski definition) is 1. The lowest BCUT2D eigenvalue weighted by Gasteiger charge is -2.14. The lowest BCUT2D eigenvalue weighted by Crippen LogP contribution is -1.99. The third kappa shape index (κ3) is 5.19. The first-order valence-electron chi connectivity index (χ1n) is 8.57. The maximum Gasteiger partial charge on any atom is 0.119 e. The smallest absolute Gasteiger partial charge is 0.119 e. The largest absolute Gasteiger partial charge is 0.508 e. The van der Waals surface area contributed by atoms with Gasteiger partial charge >= 0.3 is 0 Å². The molecule has 0 radical (unpaired) electrons. The average Bonchev–Trinajstić information content (AvgIpc) is 2.47. The van der Waals surface area contributed by atoms with Crippen LogP contribution in [0.4, 0.5) is 0 Å². The third-order valence-corrected chi connectivity index (χ3v) is 4.27. The van der Waals surface area contributed by atoms with Gasteiger partial charge in [-0.05, 0) is 48.4 Å². The Bertz CT molecular complexity index is 382. The summed E-state index contributed by atoms with van der Waals surface area (Å²) >= 11 is 0. The van der Waals surface area contributed by atoms with Gasteiger partial charge in [-0.2, -0.15) is 0 Å². The minimum absolute atomic E-state index is 0.505. The van der Waals surface area contributed by atoms with Crippen LogP contribution in [-0.2, 0) is 19.3 Å². The molecule has 0 unspecified atom stereocenters. The van der Waals surface area contributed by atoms with Crippen LogP contribution in [0.3, 0.4) is 0 Å². The van der Waals surface area contributed by atoms with Crippen molar-refractivity contribution in [2.24, 2.45) is 0 Å². The van der Waals surface area contributed by atoms with E-state index in [-0.39, 0.29) is 0 Å². The predicted octanol–water partition coefficient (Wildman–Crippen LogP) is 5.81. The number of aryl methyl sites for hydroxylation is 1. The van der Waals surface area contributed by atoms with Gasteiger partial charge in [0.2, 0.25) is 0 Å². The molecule has 1 N–H and O–H groups in total. The summed E-state index contributed by atoms with van der Waals surface area (Å²) in [6, 6.07) is 3.97. The van der Waals surface area contributed by atoms with E-state index in [1.807, 2.05) is 6.07 Å². The van der Waals surface area contributed by atoms with E-state index < -0.39 is 0 Å². The summed E-state index contributed by atoms with van der Waals surface area (Å²) in [5.74, 6) is 0.505. The molecule has 114 valence electrons. The molecule has 0 aromatic heterocycles. The van der Waals surface area contributed by atoms with E-state index in [0.29, 0.717) is 5.75 Å². The van der Waals surface area contributed by atoms with E-state index in [1.54, 1.807) is 0 Å². The summed E-state index contributed by atoms with van der Waals surface area (Å²) in [5, 5.41) is 10.1. The molecule has 0 bridgehead atoms. The molecule has 1 aromatic rings. The first kappa shape index (κ1) is 17.1. The average molecular weight is 276 g/mol. The number of aromatic hydroxyl groups is 1. The molecule has 20 heavy (non-hydrogen) atoms. The molecule has 0 aliphatic heterocycles. The highest BCUT2D eigenvalue weighted by Gasteiger charge is 2.10. The molecule has 0 spiro atoms. The first-order chi connectivity index (χ1) is 9.74. The van der Waals surface area contributed by atoms with Gasteiger partial charge in [-0.15, -0.1) is 0 Å². The lowest BCUT2D eigenvalue weighted by molar-refractivity contribution is 0.464. The maximum atomic E-state index is 10.1. The van der Waals surface area contributed by atoms with Crippen LogP contribution in [-0.4, -0.2) is 5.11 Å². The fraction of sp³-hybridized carbons (Fsp3) is 0.684. The zero-order valence-corrected chi connectivity index (χ0v) is 13.7. The van der Waals surface area contributed by atoms with E-state index in [0.717, 1.165) is 19.3 Å². The van der Waals surface area contributed by atoms with Crippen LogP contribution in [0.2, 0.25) is 0 Å². The number of unbranched alkanes of at least 4 members (excludes halogenated alkanes) is 6. The van der Waals surface area contributed by atoms with Crippen LogP contribution in [0.25, 0.3) is 0 Å². The second-order valence-electron chi connectivity index (χ2n) is 5.78. The summed E-state index contributed by atoms with van der Waals surface area (Å²) in [5.41, 5.74) is 4.00. The third-order valence-electron chi connectivity index (χ3n) is 4.27. The van der Waals surface area contributed by atoms with Gasteiger partial charge in [-0.25, -0.2) is 0 Å². The summed E-state index contributed by atoms with van der Waals surface area (Å²) in [6.07, 6.45) is 12.4. The molecular formula is C19H32O. The zero-order valence-electron chi connectivity index (χ0n) is 13.7. The van der Waals surface area contributed by atoms with Gasteiger partial charge in [-0.1, -0.05) is 65.4 Å². The number of benzene rings is 1. The Labute approximate surface area is 125 Å². The topological polar surface area (TPSA) is 20.2 Å². The van der Waals surface area contributed by atoms with E-state index in [9.17, 15) is 5.11 Å². The van der Waals surface area contributed by atoms with Crippen LogP contribution >= 0.6 is 0 Å². The minimum atomic E-state index is 0.505. The SMILES string of the molecule is CCCCCCCCCc1c(O)ccc(CC)c1CC. The first-order valence-corrected chi connectivity index (χ1v) is 8.57. The van der Waals surface area contributed by atoms with Gasteiger partial charge in [-0.3, -0.25) is 0 Å². The van der Waals surface area contributed by atoms with Crippen molar-refractivity contribution in [2.75, 3.05) is 0 Å². The van der Waals surface area contributed by atoms with Crippen molar-refractivity contribution in [2.45, 2.75) is 85.0 Å². The Morgan fingerprint density at radius 1 is 0.750 bits per heavy atom. The van der Waals surface area contributed by atoms with Gasteiger partial charge in [0.1, 0.15) is 5.75 Å². The molecule has 0 saturated carbocycles. The molecule has 0 aliphatic carbocycles. The quantitative estimate of drug-likeness (QED) is 0.535. The van der Waals surface area contributed by atoms with Gasteiger partial charge in [0.25, 0.3) is 0 Å². The van der Waals surface area contributed by atoms with Crippen molar-refractivity contribution in [1.29, 1.82) is 0 Å². The van der Waals surface area contributed by atoms with Crippen molar-refractivity contribution in [3.63, 3.8) is 0 Å². The molecule has 1 heteroatoms. The maximum absolute atomic E-state index is 10.1. The number of hydrogen-bond acceptors (Lipinski definition) is 1. The Balaban J connectivity index is 2.46. The molecule has 1 nitrogen and oxygen atoms in total. The van der Waals surface area contributed by atoms with E-state index in [1.165, 1.54) is 61.6 Å². The predicted molar refractivity (Wildman–Crippen MR) is 88.6 cm³/mol. The van der Waals surface area contributed by atoms with Crippen LogP contribution in [0, 0.1) is 0 Å². The monoisotopic (exact) mass is 276 g/mol. The highest BCUT2D eigenvalue weighted by Crippen LogP contribution is 2.27. The molecular weight excluding hydrogens is 244 g/mol. The summed E-state index contributed by atoms with van der Waals surface area (Å²) < 4.78 is 0. The second kappa shape index (κ2) is 9.85. The van der Waals surface area contributed by atoms with Crippen molar-refractivity contribution >= 4 is 0 Å². The van der Waals surface area contributed by atoms with Crippen LogP contribution < -0.4 is 0 Å². The molecule has 1 rings (SSSR count). The Morgan fingerprint density at radius 3 is 2.00 bits per heavy atom. The second-order valence-corrected chi connectivity index (χ2v) is 5.78. The van der Waals surface area contributed by atoms with Crippen LogP contribution in [0.1, 0.15) is 82.4 Å². The van der Waals surface area contributed by atoms with Gasteiger partial charge in [0.15, 0.2) is 0 Å². The number of rotatable bonds is 10. The highest BCUT2D eigenvalue weighted by atomic mass is 16.3. The van der Waals surface area contributed by atoms with Crippen molar-refractivity contribution in [1.82, 2.24) is 0 Å². The minimum Gasteiger partial charge on any atom is -0.508 e. The Morgan fingerprint density at radius 2 is 1.40 bits per heavy atom. The van der Waals surface area contributed by atoms with Crippen molar-refractivity contribution in [3.8, 4) is 5.75 Å². The normalized spacial score (nSPS) is 10.9. The molecule has 0 saturated heterocycles. The molecule has 1 aromatic carbocycles. The van der Waals surface area contributed by atoms with Gasteiger partial charge in [0, 0.05) is 0 Å². The standard InChI is InChI=1S/C19H32O/c1-4-7-8-9-10-11-12-13-18-17(6-3)16(5-2)14-15-19(18)20/h14-15,20H,4-13H2,1-3H3. The molecule has 0 aliphatic rings. The Kier molecular flexibility index (Phi) is 8.41. The molecule has 0 amide bonds. The van der Waals surface area contributed by atoms with Crippen molar-refractivity contribution in [3.05, 3.63) is 28.8 Å². The van der Waals surface area contributed by atoms with Crippen LogP contribution in [0.15, 0.2) is 12.1 Å². The van der Waals surface area contributed by atoms with E-state index >= 15 is 0 Å². The molecule has 0 atom stereocenters. The lowest BCUT2D eigenvalue weighted by atomic mass is 9.92. The molecule has 0 heterocycles. The highest BCUT2D eigenvalue weighted by molar-refractivity contribution is 5.44. The summed E-state index contributed by atoms with van der Waals surface area (Å²) in [4.78, 5) is 0. The summed E-state index contributed by atoms with van der Waals surface area (Å²) in [6.45, 7) is 6.65. The zero-order chi connectivity index (χ0) is 14.8. The van der Waals surface area contributed by atoms with Crippen molar-refractivity contribution < 1.29 is 5.11 Å². The number of phenolic OH excluding ortho intramolecular Hbond substituents is 1. The fourth-order valence-electron chi connectivity index (χ4n) is 3.04. The molecule has 0 fully saturated rings. The van der Waals surface area contributed by atoms with Crippen LogP contribution in [0.5, 0.6) is 5.75 Å². The fourth-order valence-corrected chi connectivity index (χ4v) is 3.04. The van der Waals surface area contributed by atoms with Gasteiger partial charge < -0.3 is 5.11 Å². The van der Waals surface area contributed by atoms with E-state index in [4.69, 9.17) is 0 Å². The number of phenols is 1. The summed E-state index contributed by atoms with van der Waals surface area (Å²) in [7, 11) is 0. The van der Waals surface area contributed by atoms with E-state index in [2.05, 4.69) is 26.8 Å². The Hall–Kier alpha value is -0.980. The van der Waals surface area contributed by atoms with Gasteiger partial charge in [0.05, 0.1) is 0 Å².